The Morgan fingerprint density at radius 3 is 2.47 bits per heavy atom. The number of halogens is 4. The van der Waals surface area contributed by atoms with Crippen LogP contribution in [0.5, 0.6) is 0 Å². The van der Waals surface area contributed by atoms with Crippen molar-refractivity contribution >= 4 is 17.3 Å². The smallest absolute Gasteiger partial charge is 0.366 e. The number of hydrogen-bond donors (Lipinski definition) is 1. The molecule has 10 heteroatoms. The topological polar surface area (TPSA) is 75.5 Å². The number of benzene rings is 2. The molecule has 6 nitrogen and oxygen atoms in total. The Hall–Kier alpha value is -3.17. The van der Waals surface area contributed by atoms with Gasteiger partial charge in [0.15, 0.2) is 0 Å². The average molecular weight is 425 g/mol. The van der Waals surface area contributed by atoms with Gasteiger partial charge in [0.05, 0.1) is 10.5 Å². The van der Waals surface area contributed by atoms with Crippen molar-refractivity contribution in [3.63, 3.8) is 0 Å². The molecule has 0 aliphatic carbocycles. The highest BCUT2D eigenvalue weighted by atomic mass is 19.4. The first-order valence-electron chi connectivity index (χ1n) is 9.28. The van der Waals surface area contributed by atoms with Crippen molar-refractivity contribution in [1.29, 1.82) is 0 Å². The summed E-state index contributed by atoms with van der Waals surface area (Å²) in [4.78, 5) is 24.4. The Balaban J connectivity index is 1.62. The predicted molar refractivity (Wildman–Crippen MR) is 101 cm³/mol. The van der Waals surface area contributed by atoms with Crippen LogP contribution in [0, 0.1) is 21.8 Å². The van der Waals surface area contributed by atoms with E-state index in [1.54, 1.807) is 17.0 Å². The number of nitro groups is 1. The minimum Gasteiger partial charge on any atom is -0.366 e. The van der Waals surface area contributed by atoms with Crippen LogP contribution in [0.2, 0.25) is 0 Å². The molecule has 0 atom stereocenters. The van der Waals surface area contributed by atoms with E-state index in [4.69, 9.17) is 0 Å². The quantitative estimate of drug-likeness (QED) is 0.441. The van der Waals surface area contributed by atoms with Gasteiger partial charge in [-0.15, -0.1) is 0 Å². The van der Waals surface area contributed by atoms with E-state index in [-0.39, 0.29) is 24.1 Å². The molecule has 0 bridgehead atoms. The minimum atomic E-state index is -4.67. The number of carbonyl (C=O) groups is 1. The Morgan fingerprint density at radius 1 is 1.17 bits per heavy atom. The predicted octanol–water partition coefficient (Wildman–Crippen LogP) is 4.29. The summed E-state index contributed by atoms with van der Waals surface area (Å²) in [6.07, 6.45) is -3.88. The zero-order chi connectivity index (χ0) is 21.9. The van der Waals surface area contributed by atoms with Gasteiger partial charge in [0.1, 0.15) is 11.5 Å². The second-order valence-electron chi connectivity index (χ2n) is 7.07. The van der Waals surface area contributed by atoms with Crippen molar-refractivity contribution in [2.75, 3.05) is 18.0 Å². The standard InChI is InChI=1S/C20H19F4N3O3/c21-16-3-1-2-13(10-16)12-25-19(28)14-6-8-26(9-7-14)17-5-4-15(20(22,23)24)11-18(17)27(29)30/h1-5,10-11,14H,6-9,12H2,(H,25,28). The number of anilines is 1. The first kappa shape index (κ1) is 21.5. The molecule has 1 N–H and O–H groups in total. The number of nitrogens with one attached hydrogen (secondary N) is 1. The van der Waals surface area contributed by atoms with Crippen LogP contribution in [0.3, 0.4) is 0 Å². The second kappa shape index (κ2) is 8.68. The van der Waals surface area contributed by atoms with Crippen molar-refractivity contribution < 1.29 is 27.3 Å². The molecule has 1 saturated heterocycles. The van der Waals surface area contributed by atoms with Crippen LogP contribution in [-0.2, 0) is 17.5 Å². The zero-order valence-corrected chi connectivity index (χ0v) is 15.8. The van der Waals surface area contributed by atoms with Crippen molar-refractivity contribution in [1.82, 2.24) is 5.32 Å². The highest BCUT2D eigenvalue weighted by Gasteiger charge is 2.34. The van der Waals surface area contributed by atoms with Crippen LogP contribution < -0.4 is 10.2 Å². The maximum Gasteiger partial charge on any atom is 0.416 e. The third kappa shape index (κ3) is 5.05. The summed E-state index contributed by atoms with van der Waals surface area (Å²) in [5, 5.41) is 14.0. The van der Waals surface area contributed by atoms with Gasteiger partial charge < -0.3 is 10.2 Å². The molecule has 0 aromatic heterocycles. The second-order valence-corrected chi connectivity index (χ2v) is 7.07. The van der Waals surface area contributed by atoms with Crippen LogP contribution in [0.1, 0.15) is 24.0 Å². The Labute approximate surface area is 169 Å². The van der Waals surface area contributed by atoms with E-state index in [2.05, 4.69) is 5.32 Å². The van der Waals surface area contributed by atoms with E-state index in [9.17, 15) is 32.5 Å². The lowest BCUT2D eigenvalue weighted by molar-refractivity contribution is -0.384. The normalized spacial score (nSPS) is 15.1. The molecule has 2 aromatic carbocycles. The Kier molecular flexibility index (Phi) is 6.23. The van der Waals surface area contributed by atoms with Crippen LogP contribution in [0.25, 0.3) is 0 Å². The number of nitrogens with zero attached hydrogens (tertiary/aromatic N) is 2. The molecule has 2 aromatic rings. The molecule has 160 valence electrons. The number of alkyl halides is 3. The third-order valence-corrected chi connectivity index (χ3v) is 5.06. The summed E-state index contributed by atoms with van der Waals surface area (Å²) in [5.41, 5.74) is -0.962. The maximum absolute atomic E-state index is 13.2. The summed E-state index contributed by atoms with van der Waals surface area (Å²) in [6.45, 7) is 0.774. The molecule has 1 amide bonds. The first-order chi connectivity index (χ1) is 14.1. The fourth-order valence-electron chi connectivity index (χ4n) is 3.48. The summed E-state index contributed by atoms with van der Waals surface area (Å²) in [6, 6.07) is 8.33. The lowest BCUT2D eigenvalue weighted by Gasteiger charge is -2.32. The molecule has 0 unspecified atom stereocenters. The first-order valence-corrected chi connectivity index (χ1v) is 9.28. The maximum atomic E-state index is 13.2. The van der Waals surface area contributed by atoms with Gasteiger partial charge in [0.2, 0.25) is 5.91 Å². The van der Waals surface area contributed by atoms with E-state index >= 15 is 0 Å². The molecule has 0 radical (unpaired) electrons. The molecule has 0 saturated carbocycles. The van der Waals surface area contributed by atoms with Crippen LogP contribution in [-0.4, -0.2) is 23.9 Å². The molecule has 1 fully saturated rings. The summed E-state index contributed by atoms with van der Waals surface area (Å²) >= 11 is 0. The molecular weight excluding hydrogens is 406 g/mol. The summed E-state index contributed by atoms with van der Waals surface area (Å²) in [5.74, 6) is -0.933. The van der Waals surface area contributed by atoms with Crippen molar-refractivity contribution in [3.05, 3.63) is 69.5 Å². The summed E-state index contributed by atoms with van der Waals surface area (Å²) < 4.78 is 51.8. The van der Waals surface area contributed by atoms with Gasteiger partial charge in [-0.05, 0) is 42.7 Å². The van der Waals surface area contributed by atoms with E-state index < -0.39 is 28.2 Å². The minimum absolute atomic E-state index is 0.103. The van der Waals surface area contributed by atoms with Crippen molar-refractivity contribution in [3.8, 4) is 0 Å². The third-order valence-electron chi connectivity index (χ3n) is 5.06. The molecular formula is C20H19F4N3O3. The van der Waals surface area contributed by atoms with Gasteiger partial charge in [0.25, 0.3) is 5.69 Å². The van der Waals surface area contributed by atoms with Crippen molar-refractivity contribution in [2.45, 2.75) is 25.6 Å². The van der Waals surface area contributed by atoms with E-state index in [0.717, 1.165) is 12.1 Å². The molecule has 30 heavy (non-hydrogen) atoms. The highest BCUT2D eigenvalue weighted by Crippen LogP contribution is 2.37. The SMILES string of the molecule is O=C(NCc1cccc(F)c1)C1CCN(c2ccc(C(F)(F)F)cc2[N+](=O)[O-])CC1. The molecule has 3 rings (SSSR count). The van der Waals surface area contributed by atoms with Crippen molar-refractivity contribution in [2.24, 2.45) is 5.92 Å². The number of carbonyl (C=O) groups excluding carboxylic acids is 1. The Morgan fingerprint density at radius 2 is 1.87 bits per heavy atom. The van der Waals surface area contributed by atoms with Crippen LogP contribution in [0.4, 0.5) is 28.9 Å². The van der Waals surface area contributed by atoms with Gasteiger partial charge >= 0.3 is 6.18 Å². The average Bonchev–Trinajstić information content (AvgIpc) is 2.71. The molecule has 1 aliphatic heterocycles. The molecule has 1 aliphatic rings. The Bertz CT molecular complexity index is 941. The lowest BCUT2D eigenvalue weighted by Crippen LogP contribution is -2.40. The van der Waals surface area contributed by atoms with E-state index in [1.807, 2.05) is 0 Å². The lowest BCUT2D eigenvalue weighted by atomic mass is 9.95. The number of amides is 1. The fraction of sp³-hybridized carbons (Fsp3) is 0.350. The number of piperidine rings is 1. The highest BCUT2D eigenvalue weighted by molar-refractivity contribution is 5.79. The van der Waals surface area contributed by atoms with Gasteiger partial charge in [-0.3, -0.25) is 14.9 Å². The molecule has 1 heterocycles. The number of rotatable bonds is 5. The van der Waals surface area contributed by atoms with Crippen LogP contribution in [0.15, 0.2) is 42.5 Å². The summed E-state index contributed by atoms with van der Waals surface area (Å²) in [7, 11) is 0. The number of hydrogen-bond acceptors (Lipinski definition) is 4. The van der Waals surface area contributed by atoms with E-state index in [1.165, 1.54) is 12.1 Å². The molecule has 0 spiro atoms. The fourth-order valence-corrected chi connectivity index (χ4v) is 3.48. The number of nitro benzene ring substituents is 1. The largest absolute Gasteiger partial charge is 0.416 e. The monoisotopic (exact) mass is 425 g/mol. The van der Waals surface area contributed by atoms with Gasteiger partial charge in [-0.25, -0.2) is 4.39 Å². The van der Waals surface area contributed by atoms with Gasteiger partial charge in [0, 0.05) is 31.6 Å². The van der Waals surface area contributed by atoms with Crippen LogP contribution >= 0.6 is 0 Å². The van der Waals surface area contributed by atoms with E-state index in [0.29, 0.717) is 37.6 Å². The van der Waals surface area contributed by atoms with Gasteiger partial charge in [-0.1, -0.05) is 12.1 Å². The zero-order valence-electron chi connectivity index (χ0n) is 15.8. The van der Waals surface area contributed by atoms with Gasteiger partial charge in [-0.2, -0.15) is 13.2 Å².